The van der Waals surface area contributed by atoms with E-state index in [2.05, 4.69) is 46.8 Å². The maximum Gasteiger partial charge on any atom is 0.234 e. The molecule has 8 heteroatoms. The molecular formula is C25H24ClN5OS. The van der Waals surface area contributed by atoms with E-state index in [1.807, 2.05) is 41.0 Å². The summed E-state index contributed by atoms with van der Waals surface area (Å²) in [6, 6.07) is 23.2. The molecule has 0 saturated carbocycles. The Morgan fingerprint density at radius 3 is 2.42 bits per heavy atom. The summed E-state index contributed by atoms with van der Waals surface area (Å²) >= 11 is 7.34. The van der Waals surface area contributed by atoms with Gasteiger partial charge < -0.3 is 10.6 Å². The molecule has 4 aromatic rings. The molecule has 0 aliphatic carbocycles. The molecule has 3 aromatic carbocycles. The van der Waals surface area contributed by atoms with Gasteiger partial charge in [-0.25, -0.2) is 0 Å². The van der Waals surface area contributed by atoms with Gasteiger partial charge in [-0.05, 0) is 55.3 Å². The molecule has 0 bridgehead atoms. The summed E-state index contributed by atoms with van der Waals surface area (Å²) in [5, 5.41) is 16.4. The van der Waals surface area contributed by atoms with E-state index in [1.165, 1.54) is 22.9 Å². The molecule has 0 aliphatic rings. The molecule has 0 unspecified atom stereocenters. The van der Waals surface area contributed by atoms with Crippen molar-refractivity contribution in [1.29, 1.82) is 0 Å². The maximum absolute atomic E-state index is 12.5. The molecule has 6 nitrogen and oxygen atoms in total. The Bertz CT molecular complexity index is 1240. The number of aromatic nitrogens is 3. The van der Waals surface area contributed by atoms with Gasteiger partial charge in [0.25, 0.3) is 0 Å². The third-order valence-corrected chi connectivity index (χ3v) is 6.22. The van der Waals surface area contributed by atoms with Gasteiger partial charge in [-0.3, -0.25) is 9.36 Å². The second kappa shape index (κ2) is 10.6. The number of hydrogen-bond donors (Lipinski definition) is 2. The molecule has 2 N–H and O–H groups in total. The Balaban J connectivity index is 1.52. The van der Waals surface area contributed by atoms with Crippen LogP contribution in [0.2, 0.25) is 5.02 Å². The molecule has 1 heterocycles. The fraction of sp³-hybridized carbons (Fsp3) is 0.160. The van der Waals surface area contributed by atoms with Crippen LogP contribution in [0.4, 0.5) is 11.4 Å². The lowest BCUT2D eigenvalue weighted by Gasteiger charge is -2.14. The van der Waals surface area contributed by atoms with Gasteiger partial charge in [0.2, 0.25) is 5.91 Å². The summed E-state index contributed by atoms with van der Waals surface area (Å²) in [6.07, 6.45) is 0. The molecule has 168 valence electrons. The van der Waals surface area contributed by atoms with Crippen molar-refractivity contribution in [3.8, 4) is 5.69 Å². The summed E-state index contributed by atoms with van der Waals surface area (Å²) in [6.45, 7) is 4.66. The normalized spacial score (nSPS) is 10.8. The topological polar surface area (TPSA) is 71.8 Å². The number of nitrogens with zero attached hydrogens (tertiary/aromatic N) is 3. The lowest BCUT2D eigenvalue weighted by molar-refractivity contribution is -0.113. The van der Waals surface area contributed by atoms with Gasteiger partial charge >= 0.3 is 0 Å². The van der Waals surface area contributed by atoms with Crippen molar-refractivity contribution in [3.05, 3.63) is 94.8 Å². The smallest absolute Gasteiger partial charge is 0.234 e. The maximum atomic E-state index is 12.5. The van der Waals surface area contributed by atoms with E-state index in [9.17, 15) is 4.79 Å². The van der Waals surface area contributed by atoms with Crippen LogP contribution in [-0.4, -0.2) is 26.4 Å². The first kappa shape index (κ1) is 22.9. The zero-order chi connectivity index (χ0) is 23.2. The van der Waals surface area contributed by atoms with Crippen LogP contribution in [0.5, 0.6) is 0 Å². The van der Waals surface area contributed by atoms with E-state index in [1.54, 1.807) is 24.3 Å². The van der Waals surface area contributed by atoms with Crippen LogP contribution in [0.25, 0.3) is 5.69 Å². The summed E-state index contributed by atoms with van der Waals surface area (Å²) in [7, 11) is 0. The molecule has 0 fully saturated rings. The summed E-state index contributed by atoms with van der Waals surface area (Å²) in [4.78, 5) is 12.5. The van der Waals surface area contributed by atoms with E-state index in [0.29, 0.717) is 22.4 Å². The number of nitrogens with one attached hydrogen (secondary N) is 2. The van der Waals surface area contributed by atoms with Crippen molar-refractivity contribution < 1.29 is 4.79 Å². The molecule has 1 amide bonds. The van der Waals surface area contributed by atoms with Gasteiger partial charge in [0.15, 0.2) is 11.0 Å². The lowest BCUT2D eigenvalue weighted by atomic mass is 10.1. The van der Waals surface area contributed by atoms with Gasteiger partial charge in [0.1, 0.15) is 0 Å². The number of hydrogen-bond acceptors (Lipinski definition) is 5. The zero-order valence-corrected chi connectivity index (χ0v) is 20.0. The number of rotatable bonds is 8. The van der Waals surface area contributed by atoms with Gasteiger partial charge in [-0.2, -0.15) is 0 Å². The number of anilines is 2. The molecule has 0 aliphatic heterocycles. The molecule has 0 atom stereocenters. The first-order valence-corrected chi connectivity index (χ1v) is 11.9. The van der Waals surface area contributed by atoms with Crippen LogP contribution in [0, 0.1) is 13.8 Å². The highest BCUT2D eigenvalue weighted by atomic mass is 35.5. The van der Waals surface area contributed by atoms with Gasteiger partial charge in [0.05, 0.1) is 12.3 Å². The van der Waals surface area contributed by atoms with E-state index in [0.717, 1.165) is 17.2 Å². The first-order chi connectivity index (χ1) is 16.0. The van der Waals surface area contributed by atoms with Crippen molar-refractivity contribution in [2.45, 2.75) is 25.5 Å². The average molecular weight is 478 g/mol. The van der Waals surface area contributed by atoms with Crippen molar-refractivity contribution in [1.82, 2.24) is 14.8 Å². The third kappa shape index (κ3) is 5.74. The van der Waals surface area contributed by atoms with E-state index in [4.69, 9.17) is 11.6 Å². The Labute approximate surface area is 202 Å². The minimum absolute atomic E-state index is 0.139. The number of para-hydroxylation sites is 2. The predicted octanol–water partition coefficient (Wildman–Crippen LogP) is 5.88. The number of amides is 1. The number of carbonyl (C=O) groups is 1. The Morgan fingerprint density at radius 1 is 0.970 bits per heavy atom. The average Bonchev–Trinajstić information content (AvgIpc) is 3.21. The predicted molar refractivity (Wildman–Crippen MR) is 135 cm³/mol. The number of benzene rings is 3. The largest absolute Gasteiger partial charge is 0.377 e. The highest BCUT2D eigenvalue weighted by Gasteiger charge is 2.16. The van der Waals surface area contributed by atoms with E-state index >= 15 is 0 Å². The summed E-state index contributed by atoms with van der Waals surface area (Å²) in [5.74, 6) is 0.823. The Morgan fingerprint density at radius 2 is 1.70 bits per heavy atom. The lowest BCUT2D eigenvalue weighted by Crippen LogP contribution is -2.15. The molecule has 1 aromatic heterocycles. The molecule has 0 radical (unpaired) electrons. The minimum Gasteiger partial charge on any atom is -0.377 e. The van der Waals surface area contributed by atoms with Crippen LogP contribution in [0.15, 0.2) is 78.0 Å². The molecule has 0 saturated heterocycles. The van der Waals surface area contributed by atoms with Gasteiger partial charge in [-0.15, -0.1) is 10.2 Å². The number of carbonyl (C=O) groups excluding carboxylic acids is 1. The zero-order valence-electron chi connectivity index (χ0n) is 18.4. The monoisotopic (exact) mass is 477 g/mol. The highest BCUT2D eigenvalue weighted by molar-refractivity contribution is 7.99. The molecule has 4 rings (SSSR count). The quantitative estimate of drug-likeness (QED) is 0.310. The molecule has 33 heavy (non-hydrogen) atoms. The van der Waals surface area contributed by atoms with Crippen LogP contribution >= 0.6 is 23.4 Å². The summed E-state index contributed by atoms with van der Waals surface area (Å²) < 4.78 is 1.98. The third-order valence-electron chi connectivity index (χ3n) is 5.06. The molecule has 0 spiro atoms. The van der Waals surface area contributed by atoms with Gasteiger partial charge in [0, 0.05) is 22.1 Å². The Hall–Kier alpha value is -3.29. The second-order valence-electron chi connectivity index (χ2n) is 7.54. The second-order valence-corrected chi connectivity index (χ2v) is 8.92. The first-order valence-electron chi connectivity index (χ1n) is 10.5. The van der Waals surface area contributed by atoms with Crippen LogP contribution in [0.1, 0.15) is 17.0 Å². The van der Waals surface area contributed by atoms with Crippen molar-refractivity contribution >= 4 is 40.6 Å². The number of aryl methyl sites for hydroxylation is 2. The molecular weight excluding hydrogens is 454 g/mol. The van der Waals surface area contributed by atoms with Gasteiger partial charge in [-0.1, -0.05) is 65.8 Å². The SMILES string of the molecule is Cc1cccc(C)c1NCc1nnc(SCC(=O)Nc2cccc(Cl)c2)n1-c1ccccc1. The standard InChI is InChI=1S/C25H24ClN5OS/c1-17-8-6-9-18(2)24(17)27-15-22-29-30-25(31(22)21-12-4-3-5-13-21)33-16-23(32)28-20-11-7-10-19(26)14-20/h3-14,27H,15-16H2,1-2H3,(H,28,32). The van der Waals surface area contributed by atoms with Crippen LogP contribution in [0.3, 0.4) is 0 Å². The van der Waals surface area contributed by atoms with E-state index in [-0.39, 0.29) is 11.7 Å². The fourth-order valence-electron chi connectivity index (χ4n) is 3.50. The highest BCUT2D eigenvalue weighted by Crippen LogP contribution is 2.25. The Kier molecular flexibility index (Phi) is 7.32. The number of halogens is 1. The minimum atomic E-state index is -0.139. The van der Waals surface area contributed by atoms with Crippen molar-refractivity contribution in [2.24, 2.45) is 0 Å². The van der Waals surface area contributed by atoms with Crippen molar-refractivity contribution in [2.75, 3.05) is 16.4 Å². The van der Waals surface area contributed by atoms with Crippen LogP contribution < -0.4 is 10.6 Å². The number of thioether (sulfide) groups is 1. The van der Waals surface area contributed by atoms with Crippen molar-refractivity contribution in [3.63, 3.8) is 0 Å². The fourth-order valence-corrected chi connectivity index (χ4v) is 4.46. The van der Waals surface area contributed by atoms with E-state index < -0.39 is 0 Å². The summed E-state index contributed by atoms with van der Waals surface area (Å²) in [5.41, 5.74) is 5.05. The van der Waals surface area contributed by atoms with Crippen LogP contribution in [-0.2, 0) is 11.3 Å².